The van der Waals surface area contributed by atoms with Crippen LogP contribution in [0.4, 0.5) is 14.7 Å². The van der Waals surface area contributed by atoms with Gasteiger partial charge in [-0.1, -0.05) is 0 Å². The van der Waals surface area contributed by atoms with Gasteiger partial charge in [0, 0.05) is 12.7 Å². The van der Waals surface area contributed by atoms with Crippen molar-refractivity contribution in [3.05, 3.63) is 18.5 Å². The van der Waals surface area contributed by atoms with E-state index in [2.05, 4.69) is 9.97 Å². The number of nitrogens with two attached hydrogens (primary N) is 1. The lowest BCUT2D eigenvalue weighted by Crippen LogP contribution is -2.12. The first kappa shape index (κ1) is 11.7. The SMILES string of the molecule is Nc1nc2cnccc2n1CCOCC(F)F. The lowest BCUT2D eigenvalue weighted by Gasteiger charge is -2.07. The third-order valence-electron chi connectivity index (χ3n) is 2.28. The summed E-state index contributed by atoms with van der Waals surface area (Å²) in [5, 5.41) is 0. The number of halogens is 2. The molecular formula is C10H12F2N4O. The molecule has 0 aliphatic rings. The molecule has 0 saturated carbocycles. The van der Waals surface area contributed by atoms with E-state index in [0.717, 1.165) is 5.52 Å². The molecule has 0 spiro atoms. The molecule has 2 N–H and O–H groups in total. The van der Waals surface area contributed by atoms with Crippen molar-refractivity contribution in [2.75, 3.05) is 18.9 Å². The number of nitrogens with zero attached hydrogens (tertiary/aromatic N) is 3. The molecule has 0 saturated heterocycles. The molecule has 0 aliphatic carbocycles. The van der Waals surface area contributed by atoms with E-state index in [4.69, 9.17) is 10.5 Å². The van der Waals surface area contributed by atoms with Crippen LogP contribution < -0.4 is 5.73 Å². The van der Waals surface area contributed by atoms with Crippen molar-refractivity contribution in [3.63, 3.8) is 0 Å². The standard InChI is InChI=1S/C10H12F2N4O/c11-9(12)6-17-4-3-16-8-1-2-14-5-7(8)15-10(16)13/h1-2,5,9H,3-4,6H2,(H2,13,15). The Labute approximate surface area is 96.2 Å². The van der Waals surface area contributed by atoms with Gasteiger partial charge >= 0.3 is 0 Å². The molecule has 2 heterocycles. The van der Waals surface area contributed by atoms with Gasteiger partial charge in [-0.3, -0.25) is 4.98 Å². The predicted octanol–water partition coefficient (Wildman–Crippen LogP) is 1.30. The Bertz CT molecular complexity index is 500. The van der Waals surface area contributed by atoms with Crippen molar-refractivity contribution in [3.8, 4) is 0 Å². The molecular weight excluding hydrogens is 230 g/mol. The van der Waals surface area contributed by atoms with Gasteiger partial charge in [0.1, 0.15) is 12.1 Å². The second kappa shape index (κ2) is 5.05. The molecule has 0 atom stereocenters. The number of pyridine rings is 1. The van der Waals surface area contributed by atoms with Gasteiger partial charge in [0.2, 0.25) is 5.95 Å². The lowest BCUT2D eigenvalue weighted by atomic mass is 10.4. The number of fused-ring (bicyclic) bond motifs is 1. The number of alkyl halides is 2. The van der Waals surface area contributed by atoms with Crippen LogP contribution in [-0.2, 0) is 11.3 Å². The Morgan fingerprint density at radius 2 is 2.29 bits per heavy atom. The number of hydrogen-bond acceptors (Lipinski definition) is 4. The Balaban J connectivity index is 2.05. The highest BCUT2D eigenvalue weighted by atomic mass is 19.3. The van der Waals surface area contributed by atoms with Gasteiger partial charge in [-0.25, -0.2) is 13.8 Å². The summed E-state index contributed by atoms with van der Waals surface area (Å²) in [4.78, 5) is 8.03. The van der Waals surface area contributed by atoms with Gasteiger partial charge in [0.25, 0.3) is 6.43 Å². The number of aromatic nitrogens is 3. The van der Waals surface area contributed by atoms with Crippen molar-refractivity contribution < 1.29 is 13.5 Å². The van der Waals surface area contributed by atoms with E-state index in [1.165, 1.54) is 0 Å². The summed E-state index contributed by atoms with van der Waals surface area (Å²) in [7, 11) is 0. The number of anilines is 1. The van der Waals surface area contributed by atoms with Crippen molar-refractivity contribution in [1.29, 1.82) is 0 Å². The summed E-state index contributed by atoms with van der Waals surface area (Å²) in [6, 6.07) is 1.77. The molecule has 0 radical (unpaired) electrons. The first-order chi connectivity index (χ1) is 8.18. The van der Waals surface area contributed by atoms with Crippen molar-refractivity contribution >= 4 is 17.0 Å². The van der Waals surface area contributed by atoms with Crippen LogP contribution in [0.3, 0.4) is 0 Å². The zero-order valence-electron chi connectivity index (χ0n) is 9.01. The van der Waals surface area contributed by atoms with Gasteiger partial charge in [-0.15, -0.1) is 0 Å². The fourth-order valence-electron chi connectivity index (χ4n) is 1.56. The molecule has 0 aliphatic heterocycles. The van der Waals surface area contributed by atoms with Crippen LogP contribution in [0.5, 0.6) is 0 Å². The summed E-state index contributed by atoms with van der Waals surface area (Å²) < 4.78 is 30.2. The Morgan fingerprint density at radius 3 is 3.06 bits per heavy atom. The number of ether oxygens (including phenoxy) is 1. The van der Waals surface area contributed by atoms with E-state index in [0.29, 0.717) is 18.0 Å². The Kier molecular flexibility index (Phi) is 3.48. The summed E-state index contributed by atoms with van der Waals surface area (Å²) in [6.07, 6.45) is 0.776. The van der Waals surface area contributed by atoms with Crippen LogP contribution in [0.25, 0.3) is 11.0 Å². The highest BCUT2D eigenvalue weighted by molar-refractivity contribution is 5.76. The van der Waals surface area contributed by atoms with Gasteiger partial charge in [-0.2, -0.15) is 0 Å². The predicted molar refractivity (Wildman–Crippen MR) is 58.8 cm³/mol. The van der Waals surface area contributed by atoms with Crippen LogP contribution >= 0.6 is 0 Å². The Hall–Kier alpha value is -1.76. The van der Waals surface area contributed by atoms with E-state index in [1.54, 1.807) is 23.0 Å². The number of rotatable bonds is 5. The number of imidazole rings is 1. The monoisotopic (exact) mass is 242 g/mol. The maximum Gasteiger partial charge on any atom is 0.261 e. The van der Waals surface area contributed by atoms with Gasteiger partial charge < -0.3 is 15.0 Å². The van der Waals surface area contributed by atoms with E-state index < -0.39 is 13.0 Å². The average Bonchev–Trinajstić information content (AvgIpc) is 2.60. The molecule has 2 rings (SSSR count). The van der Waals surface area contributed by atoms with Crippen LogP contribution in [0, 0.1) is 0 Å². The molecule has 0 unspecified atom stereocenters. The average molecular weight is 242 g/mol. The molecule has 5 nitrogen and oxygen atoms in total. The highest BCUT2D eigenvalue weighted by Gasteiger charge is 2.08. The van der Waals surface area contributed by atoms with E-state index in [9.17, 15) is 8.78 Å². The normalized spacial score (nSPS) is 11.5. The zero-order chi connectivity index (χ0) is 12.3. The first-order valence-corrected chi connectivity index (χ1v) is 5.10. The molecule has 0 aromatic carbocycles. The summed E-state index contributed by atoms with van der Waals surface area (Å²) >= 11 is 0. The quantitative estimate of drug-likeness (QED) is 0.802. The van der Waals surface area contributed by atoms with E-state index in [-0.39, 0.29) is 6.61 Å². The fourth-order valence-corrected chi connectivity index (χ4v) is 1.56. The third kappa shape index (κ3) is 2.68. The second-order valence-electron chi connectivity index (χ2n) is 3.45. The smallest absolute Gasteiger partial charge is 0.261 e. The minimum absolute atomic E-state index is 0.169. The molecule has 92 valence electrons. The molecule has 2 aromatic heterocycles. The summed E-state index contributed by atoms with van der Waals surface area (Å²) in [5.41, 5.74) is 7.21. The zero-order valence-corrected chi connectivity index (χ0v) is 9.01. The summed E-state index contributed by atoms with van der Waals surface area (Å²) in [6.45, 7) is -0.00448. The van der Waals surface area contributed by atoms with Crippen molar-refractivity contribution in [1.82, 2.24) is 14.5 Å². The third-order valence-corrected chi connectivity index (χ3v) is 2.28. The van der Waals surface area contributed by atoms with Crippen LogP contribution in [0.15, 0.2) is 18.5 Å². The maximum atomic E-state index is 11.9. The first-order valence-electron chi connectivity index (χ1n) is 5.10. The molecule has 0 amide bonds. The molecule has 0 bridgehead atoms. The Morgan fingerprint density at radius 1 is 1.47 bits per heavy atom. The van der Waals surface area contributed by atoms with E-state index >= 15 is 0 Å². The topological polar surface area (TPSA) is 66.0 Å². The van der Waals surface area contributed by atoms with Crippen molar-refractivity contribution in [2.45, 2.75) is 13.0 Å². The number of hydrogen-bond donors (Lipinski definition) is 1. The fraction of sp³-hybridized carbons (Fsp3) is 0.400. The summed E-state index contributed by atoms with van der Waals surface area (Å²) in [5.74, 6) is 0.327. The van der Waals surface area contributed by atoms with Crippen molar-refractivity contribution in [2.24, 2.45) is 0 Å². The maximum absolute atomic E-state index is 11.9. The van der Waals surface area contributed by atoms with Crippen LogP contribution in [-0.4, -0.2) is 34.2 Å². The molecule has 7 heteroatoms. The minimum atomic E-state index is -2.45. The van der Waals surface area contributed by atoms with Crippen LogP contribution in [0.2, 0.25) is 0 Å². The van der Waals surface area contributed by atoms with Gasteiger partial charge in [-0.05, 0) is 6.07 Å². The van der Waals surface area contributed by atoms with Crippen LogP contribution in [0.1, 0.15) is 0 Å². The molecule has 17 heavy (non-hydrogen) atoms. The highest BCUT2D eigenvalue weighted by Crippen LogP contribution is 2.15. The van der Waals surface area contributed by atoms with Gasteiger partial charge in [0.05, 0.1) is 18.3 Å². The largest absolute Gasteiger partial charge is 0.374 e. The second-order valence-corrected chi connectivity index (χ2v) is 3.45. The lowest BCUT2D eigenvalue weighted by molar-refractivity contribution is 0.0151. The molecule has 0 fully saturated rings. The van der Waals surface area contributed by atoms with Gasteiger partial charge in [0.15, 0.2) is 0 Å². The number of nitrogen functional groups attached to an aromatic ring is 1. The molecule has 2 aromatic rings. The van der Waals surface area contributed by atoms with E-state index in [1.807, 2.05) is 0 Å². The minimum Gasteiger partial charge on any atom is -0.374 e.